The van der Waals surface area contributed by atoms with E-state index in [-0.39, 0.29) is 0 Å². The normalized spacial score (nSPS) is 13.3. The summed E-state index contributed by atoms with van der Waals surface area (Å²) in [7, 11) is 0. The molecule has 0 aromatic heterocycles. The van der Waals surface area contributed by atoms with E-state index in [0.717, 1.165) is 5.92 Å². The minimum atomic E-state index is 0.619. The van der Waals surface area contributed by atoms with Gasteiger partial charge in [-0.25, -0.2) is 0 Å². The Morgan fingerprint density at radius 1 is 0.750 bits per heavy atom. The van der Waals surface area contributed by atoms with Crippen LogP contribution in [0.4, 0.5) is 0 Å². The molecule has 2 unspecified atom stereocenters. The van der Waals surface area contributed by atoms with E-state index in [1.807, 2.05) is 0 Å². The van der Waals surface area contributed by atoms with Gasteiger partial charge in [0.15, 0.2) is 0 Å². The van der Waals surface area contributed by atoms with Crippen LogP contribution in [0.3, 0.4) is 0 Å². The molecule has 16 heavy (non-hydrogen) atoms. The van der Waals surface area contributed by atoms with Gasteiger partial charge in [-0.05, 0) is 11.8 Å². The van der Waals surface area contributed by atoms with Crippen molar-refractivity contribution in [3.8, 4) is 0 Å². The van der Waals surface area contributed by atoms with Crippen molar-refractivity contribution in [2.24, 2.45) is 11.8 Å². The summed E-state index contributed by atoms with van der Waals surface area (Å²) < 4.78 is 0. The molecule has 0 aliphatic rings. The Balaban J connectivity index is 3.04. The summed E-state index contributed by atoms with van der Waals surface area (Å²) in [6.45, 7) is 10.9. The summed E-state index contributed by atoms with van der Waals surface area (Å²) in [5.41, 5.74) is 0. The van der Waals surface area contributed by atoms with Gasteiger partial charge < -0.3 is 0 Å². The van der Waals surface area contributed by atoms with Crippen LogP contribution >= 0.6 is 0 Å². The number of hydrogen-bond acceptors (Lipinski definition) is 0. The lowest BCUT2D eigenvalue weighted by Gasteiger charge is -2.14. The summed E-state index contributed by atoms with van der Waals surface area (Å²) in [4.78, 5) is 0. The van der Waals surface area contributed by atoms with Crippen molar-refractivity contribution in [2.75, 3.05) is 0 Å². The van der Waals surface area contributed by atoms with Gasteiger partial charge in [-0.1, -0.05) is 91.9 Å². The standard InChI is InChI=1S/C16H33/c1-5-6-7-8-9-10-11-12-13-14-16(4)15(2)3/h15-16H,2,5-14H2,1,3-4H3. The molecule has 0 saturated carbocycles. The first-order valence-corrected chi connectivity index (χ1v) is 7.51. The number of unbranched alkanes of at least 4 members (excludes halogenated alkanes) is 8. The quantitative estimate of drug-likeness (QED) is 0.377. The highest BCUT2D eigenvalue weighted by Gasteiger charge is 2.05. The molecule has 0 saturated heterocycles. The fourth-order valence-electron chi connectivity index (χ4n) is 2.06. The van der Waals surface area contributed by atoms with Crippen LogP contribution in [0.25, 0.3) is 0 Å². The molecule has 0 N–H and O–H groups in total. The zero-order chi connectivity index (χ0) is 12.2. The van der Waals surface area contributed by atoms with Gasteiger partial charge in [0, 0.05) is 0 Å². The molecular formula is C16H33. The maximum Gasteiger partial charge on any atom is -0.0417 e. The molecule has 0 rings (SSSR count). The van der Waals surface area contributed by atoms with Crippen LogP contribution in [0.15, 0.2) is 0 Å². The Morgan fingerprint density at radius 2 is 1.19 bits per heavy atom. The molecule has 97 valence electrons. The molecule has 0 aromatic carbocycles. The van der Waals surface area contributed by atoms with Crippen molar-refractivity contribution in [2.45, 2.75) is 85.0 Å². The van der Waals surface area contributed by atoms with E-state index in [9.17, 15) is 0 Å². The monoisotopic (exact) mass is 225 g/mol. The van der Waals surface area contributed by atoms with E-state index >= 15 is 0 Å². The minimum Gasteiger partial charge on any atom is -0.0654 e. The molecular weight excluding hydrogens is 192 g/mol. The fraction of sp³-hybridized carbons (Fsp3) is 0.938. The average molecular weight is 225 g/mol. The van der Waals surface area contributed by atoms with Crippen molar-refractivity contribution in [1.82, 2.24) is 0 Å². The molecule has 0 heteroatoms. The SMILES string of the molecule is [CH2]C(C)C(C)CCCCCCCCCCC. The van der Waals surface area contributed by atoms with Gasteiger partial charge in [-0.3, -0.25) is 0 Å². The average Bonchev–Trinajstić information content (AvgIpc) is 2.26. The second-order valence-electron chi connectivity index (χ2n) is 5.57. The highest BCUT2D eigenvalue weighted by molar-refractivity contribution is 4.63. The van der Waals surface area contributed by atoms with E-state index in [1.165, 1.54) is 64.2 Å². The van der Waals surface area contributed by atoms with Crippen molar-refractivity contribution in [1.29, 1.82) is 0 Å². The van der Waals surface area contributed by atoms with Gasteiger partial charge in [0.05, 0.1) is 0 Å². The predicted octanol–water partition coefficient (Wildman–Crippen LogP) is 6.01. The molecule has 0 aromatic rings. The van der Waals surface area contributed by atoms with Crippen LogP contribution in [-0.4, -0.2) is 0 Å². The summed E-state index contributed by atoms with van der Waals surface area (Å²) in [5, 5.41) is 0. The maximum atomic E-state index is 4.10. The summed E-state index contributed by atoms with van der Waals surface area (Å²) in [5.74, 6) is 1.43. The Labute approximate surface area is 104 Å². The molecule has 0 fully saturated rings. The highest BCUT2D eigenvalue weighted by atomic mass is 14.1. The smallest absolute Gasteiger partial charge is 0.0417 e. The third kappa shape index (κ3) is 10.5. The molecule has 0 heterocycles. The van der Waals surface area contributed by atoms with E-state index < -0.39 is 0 Å². The largest absolute Gasteiger partial charge is 0.0654 e. The van der Waals surface area contributed by atoms with E-state index in [1.54, 1.807) is 0 Å². The van der Waals surface area contributed by atoms with Gasteiger partial charge in [0.1, 0.15) is 0 Å². The zero-order valence-corrected chi connectivity index (χ0v) is 11.9. The second kappa shape index (κ2) is 11.5. The number of rotatable bonds is 11. The topological polar surface area (TPSA) is 0 Å². The molecule has 0 nitrogen and oxygen atoms in total. The number of hydrogen-bond donors (Lipinski definition) is 0. The molecule has 1 radical (unpaired) electrons. The Kier molecular flexibility index (Phi) is 11.5. The van der Waals surface area contributed by atoms with Crippen LogP contribution in [-0.2, 0) is 0 Å². The molecule has 0 bridgehead atoms. The fourth-order valence-corrected chi connectivity index (χ4v) is 2.06. The van der Waals surface area contributed by atoms with Gasteiger partial charge in [0.25, 0.3) is 0 Å². The lowest BCUT2D eigenvalue weighted by Crippen LogP contribution is -2.03. The first-order valence-electron chi connectivity index (χ1n) is 7.51. The van der Waals surface area contributed by atoms with Crippen molar-refractivity contribution >= 4 is 0 Å². The van der Waals surface area contributed by atoms with Crippen molar-refractivity contribution in [3.63, 3.8) is 0 Å². The molecule has 0 amide bonds. The molecule has 0 spiro atoms. The second-order valence-corrected chi connectivity index (χ2v) is 5.57. The molecule has 2 atom stereocenters. The zero-order valence-electron chi connectivity index (χ0n) is 11.9. The Morgan fingerprint density at radius 3 is 1.62 bits per heavy atom. The Hall–Kier alpha value is 0. The first-order chi connectivity index (χ1) is 7.68. The first kappa shape index (κ1) is 16.0. The molecule has 0 aliphatic heterocycles. The van der Waals surface area contributed by atoms with E-state index in [2.05, 4.69) is 27.7 Å². The summed E-state index contributed by atoms with van der Waals surface area (Å²) in [6, 6.07) is 0. The minimum absolute atomic E-state index is 0.619. The molecule has 0 aliphatic carbocycles. The van der Waals surface area contributed by atoms with Gasteiger partial charge >= 0.3 is 0 Å². The Bertz CT molecular complexity index is 126. The highest BCUT2D eigenvalue weighted by Crippen LogP contribution is 2.18. The summed E-state index contributed by atoms with van der Waals surface area (Å²) in [6.07, 6.45) is 14.3. The maximum absolute atomic E-state index is 4.10. The lowest BCUT2D eigenvalue weighted by molar-refractivity contribution is 0.402. The lowest BCUT2D eigenvalue weighted by atomic mass is 9.92. The van der Waals surface area contributed by atoms with Crippen LogP contribution in [0.5, 0.6) is 0 Å². The third-order valence-electron chi connectivity index (χ3n) is 3.73. The van der Waals surface area contributed by atoms with E-state index in [4.69, 9.17) is 0 Å². The van der Waals surface area contributed by atoms with Crippen molar-refractivity contribution in [3.05, 3.63) is 6.92 Å². The van der Waals surface area contributed by atoms with Crippen LogP contribution in [0.2, 0.25) is 0 Å². The van der Waals surface area contributed by atoms with Crippen LogP contribution in [0.1, 0.15) is 85.0 Å². The van der Waals surface area contributed by atoms with Gasteiger partial charge in [0.2, 0.25) is 0 Å². The van der Waals surface area contributed by atoms with E-state index in [0.29, 0.717) is 5.92 Å². The van der Waals surface area contributed by atoms with Gasteiger partial charge in [-0.15, -0.1) is 0 Å². The predicted molar refractivity (Wildman–Crippen MR) is 75.5 cm³/mol. The van der Waals surface area contributed by atoms with Crippen molar-refractivity contribution < 1.29 is 0 Å². The van der Waals surface area contributed by atoms with Crippen LogP contribution in [0, 0.1) is 18.8 Å². The van der Waals surface area contributed by atoms with Crippen LogP contribution < -0.4 is 0 Å². The third-order valence-corrected chi connectivity index (χ3v) is 3.73. The summed E-state index contributed by atoms with van der Waals surface area (Å²) >= 11 is 0. The van der Waals surface area contributed by atoms with Gasteiger partial charge in [-0.2, -0.15) is 0 Å².